The van der Waals surface area contributed by atoms with Crippen molar-refractivity contribution in [2.75, 3.05) is 13.2 Å². The third-order valence-electron chi connectivity index (χ3n) is 2.59. The summed E-state index contributed by atoms with van der Waals surface area (Å²) in [6.07, 6.45) is 0. The number of alkyl halides is 13. The summed E-state index contributed by atoms with van der Waals surface area (Å²) in [5, 5.41) is -2.86. The maximum Gasteiger partial charge on any atom is 0.384 e. The van der Waals surface area contributed by atoms with Crippen LogP contribution in [0, 0.1) is 0 Å². The number of hydrogen-bond acceptors (Lipinski definition) is 1. The Kier molecular flexibility index (Phi) is 5.74. The lowest BCUT2D eigenvalue weighted by Gasteiger charge is -2.40. The van der Waals surface area contributed by atoms with E-state index in [1.807, 2.05) is 0 Å². The van der Waals surface area contributed by atoms with Crippen LogP contribution in [0.5, 0.6) is 0 Å². The summed E-state index contributed by atoms with van der Waals surface area (Å²) in [5.74, 6) is -44.5. The summed E-state index contributed by atoms with van der Waals surface area (Å²) < 4.78 is 187. The molecule has 0 rings (SSSR count). The van der Waals surface area contributed by atoms with Crippen molar-refractivity contribution in [3.8, 4) is 0 Å². The Hall–Kier alpha value is -1.09. The van der Waals surface area contributed by atoms with Gasteiger partial charge in [0.05, 0.1) is 0 Å². The SMILES string of the molecule is FCC(F)(F)C(F)(F)C(F)(F)C(F)(F)C(F)(F)C(F)(F)CN(F)F. The lowest BCUT2D eigenvalue weighted by atomic mass is 9.91. The smallest absolute Gasteiger partial charge is 0.244 e. The van der Waals surface area contributed by atoms with Gasteiger partial charge in [0.15, 0.2) is 6.67 Å². The molecule has 0 unspecified atom stereocenters. The quantitative estimate of drug-likeness (QED) is 0.417. The second kappa shape index (κ2) is 6.01. The van der Waals surface area contributed by atoms with Crippen LogP contribution in [-0.2, 0) is 0 Å². The molecular formula is C8H4F15N. The highest BCUT2D eigenvalue weighted by Gasteiger charge is 2.90. The molecule has 0 aliphatic carbocycles. The first-order valence-electron chi connectivity index (χ1n) is 5.15. The summed E-state index contributed by atoms with van der Waals surface area (Å²) in [6, 6.07) is 0. The molecule has 0 radical (unpaired) electrons. The molecule has 0 N–H and O–H groups in total. The Balaban J connectivity index is 6.20. The molecular weight excluding hydrogens is 395 g/mol. The highest BCUT2D eigenvalue weighted by Crippen LogP contribution is 2.60. The van der Waals surface area contributed by atoms with Crippen LogP contribution in [0.15, 0.2) is 0 Å². The van der Waals surface area contributed by atoms with Crippen molar-refractivity contribution < 1.29 is 66.0 Å². The second-order valence-electron chi connectivity index (χ2n) is 4.30. The van der Waals surface area contributed by atoms with Crippen molar-refractivity contribution in [2.24, 2.45) is 0 Å². The number of nitrogens with zero attached hydrogens (tertiary/aromatic N) is 1. The largest absolute Gasteiger partial charge is 0.384 e. The molecule has 0 saturated carbocycles. The zero-order valence-corrected chi connectivity index (χ0v) is 10.5. The fraction of sp³-hybridized carbons (Fsp3) is 1.00. The van der Waals surface area contributed by atoms with Crippen LogP contribution in [0.25, 0.3) is 0 Å². The summed E-state index contributed by atoms with van der Waals surface area (Å²) in [6.45, 7) is -7.37. The molecule has 0 spiro atoms. The Bertz CT molecular complexity index is 441. The molecule has 0 aromatic heterocycles. The van der Waals surface area contributed by atoms with Crippen LogP contribution in [0.4, 0.5) is 66.0 Å². The van der Waals surface area contributed by atoms with Crippen molar-refractivity contribution in [1.82, 2.24) is 5.34 Å². The van der Waals surface area contributed by atoms with E-state index in [-0.39, 0.29) is 0 Å². The first-order valence-corrected chi connectivity index (χ1v) is 5.15. The van der Waals surface area contributed by atoms with Gasteiger partial charge in [0.1, 0.15) is 6.54 Å². The van der Waals surface area contributed by atoms with Gasteiger partial charge in [-0.25, -0.2) is 4.39 Å². The molecule has 0 aliphatic rings. The summed E-state index contributed by atoms with van der Waals surface area (Å²) in [5.41, 5.74) is 0. The Morgan fingerprint density at radius 1 is 0.500 bits per heavy atom. The molecule has 16 heteroatoms. The molecule has 0 aliphatic heterocycles. The van der Waals surface area contributed by atoms with Gasteiger partial charge in [0.2, 0.25) is 0 Å². The van der Waals surface area contributed by atoms with Gasteiger partial charge in [-0.2, -0.15) is 52.7 Å². The number of hydrogen-bond donors (Lipinski definition) is 0. The lowest BCUT2D eigenvalue weighted by molar-refractivity contribution is -0.429. The fourth-order valence-corrected chi connectivity index (χ4v) is 1.19. The molecule has 24 heavy (non-hydrogen) atoms. The molecule has 0 atom stereocenters. The van der Waals surface area contributed by atoms with Crippen molar-refractivity contribution in [2.45, 2.75) is 35.5 Å². The second-order valence-corrected chi connectivity index (χ2v) is 4.30. The van der Waals surface area contributed by atoms with E-state index in [0.29, 0.717) is 0 Å². The molecule has 146 valence electrons. The molecule has 0 heterocycles. The molecule has 1 nitrogen and oxygen atoms in total. The summed E-state index contributed by atoms with van der Waals surface area (Å²) in [7, 11) is 0. The van der Waals surface area contributed by atoms with Gasteiger partial charge >= 0.3 is 35.5 Å². The van der Waals surface area contributed by atoms with Crippen LogP contribution < -0.4 is 0 Å². The Morgan fingerprint density at radius 3 is 1.04 bits per heavy atom. The van der Waals surface area contributed by atoms with Crippen molar-refractivity contribution in [3.63, 3.8) is 0 Å². The third kappa shape index (κ3) is 3.08. The summed E-state index contributed by atoms with van der Waals surface area (Å²) in [4.78, 5) is 0. The topological polar surface area (TPSA) is 3.24 Å². The fourth-order valence-electron chi connectivity index (χ4n) is 1.19. The van der Waals surface area contributed by atoms with Gasteiger partial charge in [0, 0.05) is 5.34 Å². The van der Waals surface area contributed by atoms with Gasteiger partial charge in [-0.1, -0.05) is 0 Å². The van der Waals surface area contributed by atoms with Gasteiger partial charge in [-0.3, -0.25) is 0 Å². The van der Waals surface area contributed by atoms with E-state index < -0.39 is 54.1 Å². The maximum atomic E-state index is 12.9. The van der Waals surface area contributed by atoms with Crippen molar-refractivity contribution >= 4 is 0 Å². The average Bonchev–Trinajstić information content (AvgIpc) is 2.35. The molecule has 0 bridgehead atoms. The third-order valence-corrected chi connectivity index (χ3v) is 2.59. The van der Waals surface area contributed by atoms with Crippen LogP contribution in [0.2, 0.25) is 0 Å². The predicted molar refractivity (Wildman–Crippen MR) is 44.6 cm³/mol. The molecule has 0 saturated heterocycles. The van der Waals surface area contributed by atoms with E-state index >= 15 is 0 Å². The van der Waals surface area contributed by atoms with E-state index in [1.165, 1.54) is 0 Å². The van der Waals surface area contributed by atoms with E-state index in [4.69, 9.17) is 0 Å². The van der Waals surface area contributed by atoms with Crippen LogP contribution >= 0.6 is 0 Å². The standard InChI is InChI=1S/C8H4F15N/c9-1-3(10,11)5(14,15)7(18,19)8(20,21)6(16,17)4(12,13)2-24(22)23/h1-2H2. The van der Waals surface area contributed by atoms with Gasteiger partial charge in [0.25, 0.3) is 0 Å². The minimum absolute atomic E-state index is 2.86. The van der Waals surface area contributed by atoms with E-state index in [0.717, 1.165) is 0 Å². The predicted octanol–water partition coefficient (Wildman–Crippen LogP) is 4.84. The summed E-state index contributed by atoms with van der Waals surface area (Å²) >= 11 is 0. The van der Waals surface area contributed by atoms with E-state index in [9.17, 15) is 66.0 Å². The van der Waals surface area contributed by atoms with Crippen molar-refractivity contribution in [1.29, 1.82) is 0 Å². The average molecular weight is 399 g/mol. The lowest BCUT2D eigenvalue weighted by Crippen LogP contribution is -2.71. The van der Waals surface area contributed by atoms with Gasteiger partial charge < -0.3 is 0 Å². The number of rotatable bonds is 8. The minimum atomic E-state index is -7.97. The normalized spacial score (nSPS) is 16.0. The first kappa shape index (κ1) is 22.9. The highest BCUT2D eigenvalue weighted by molar-refractivity contribution is 5.11. The maximum absolute atomic E-state index is 12.9. The molecule has 0 fully saturated rings. The van der Waals surface area contributed by atoms with E-state index in [1.54, 1.807) is 0 Å². The van der Waals surface area contributed by atoms with Crippen LogP contribution in [-0.4, -0.2) is 54.1 Å². The monoisotopic (exact) mass is 399 g/mol. The number of halogens is 15. The van der Waals surface area contributed by atoms with Crippen LogP contribution in [0.3, 0.4) is 0 Å². The zero-order valence-electron chi connectivity index (χ0n) is 10.5. The Labute approximate surface area is 121 Å². The van der Waals surface area contributed by atoms with E-state index in [2.05, 4.69) is 0 Å². The van der Waals surface area contributed by atoms with Crippen molar-refractivity contribution in [3.05, 3.63) is 0 Å². The van der Waals surface area contributed by atoms with Gasteiger partial charge in [-0.15, -0.1) is 8.96 Å². The molecule has 0 aromatic rings. The minimum Gasteiger partial charge on any atom is -0.244 e. The van der Waals surface area contributed by atoms with Gasteiger partial charge in [-0.05, 0) is 0 Å². The molecule has 0 aromatic carbocycles. The zero-order chi connectivity index (χ0) is 20.0. The Morgan fingerprint density at radius 2 is 0.792 bits per heavy atom. The highest BCUT2D eigenvalue weighted by atomic mass is 19.4. The molecule has 0 amide bonds. The van der Waals surface area contributed by atoms with Crippen LogP contribution in [0.1, 0.15) is 0 Å². The first-order chi connectivity index (χ1) is 10.2.